The number of rotatable bonds is 3. The second-order valence-electron chi connectivity index (χ2n) is 4.86. The maximum absolute atomic E-state index is 13.0. The maximum atomic E-state index is 13.0. The van der Waals surface area contributed by atoms with Gasteiger partial charge in [0, 0.05) is 5.56 Å². The van der Waals surface area contributed by atoms with Crippen molar-refractivity contribution in [3.63, 3.8) is 0 Å². The van der Waals surface area contributed by atoms with Gasteiger partial charge in [-0.15, -0.1) is 6.42 Å². The number of amides is 1. The maximum Gasteiger partial charge on any atom is 0.471 e. The topological polar surface area (TPSA) is 44.1 Å². The van der Waals surface area contributed by atoms with Crippen LogP contribution in [0.5, 0.6) is 0 Å². The van der Waals surface area contributed by atoms with E-state index in [4.69, 9.17) is 11.7 Å². The fraction of sp³-hybridized carbons (Fsp3) is 0.111. The van der Waals surface area contributed by atoms with E-state index in [1.807, 2.05) is 6.07 Å². The first-order valence-electron chi connectivity index (χ1n) is 6.80. The Kier molecular flexibility index (Phi) is 4.91. The summed E-state index contributed by atoms with van der Waals surface area (Å²) in [6, 6.07) is 13.8. The molecule has 0 unspecified atom stereocenters. The summed E-state index contributed by atoms with van der Waals surface area (Å²) in [6.45, 7) is -0.317. The molecule has 2 rings (SSSR count). The van der Waals surface area contributed by atoms with Crippen LogP contribution in [0.2, 0.25) is 0 Å². The van der Waals surface area contributed by atoms with E-state index in [2.05, 4.69) is 5.92 Å². The highest BCUT2D eigenvalue weighted by Gasteiger charge is 2.43. The number of alkyl halides is 3. The second kappa shape index (κ2) is 6.89. The van der Waals surface area contributed by atoms with E-state index in [0.29, 0.717) is 16.0 Å². The molecule has 1 amide bonds. The number of halogens is 3. The van der Waals surface area contributed by atoms with Gasteiger partial charge in [0.25, 0.3) is 0 Å². The highest BCUT2D eigenvalue weighted by molar-refractivity contribution is 5.98. The van der Waals surface area contributed by atoms with Crippen LogP contribution in [0.3, 0.4) is 0 Å². The molecule has 0 heterocycles. The number of terminal acetylenes is 1. The molecule has 0 aliphatic carbocycles. The van der Waals surface area contributed by atoms with E-state index in [-0.39, 0.29) is 17.8 Å². The van der Waals surface area contributed by atoms with Gasteiger partial charge in [-0.05, 0) is 29.8 Å². The zero-order valence-electron chi connectivity index (χ0n) is 12.3. The predicted octanol–water partition coefficient (Wildman–Crippen LogP) is 3.64. The van der Waals surface area contributed by atoms with E-state index in [1.54, 1.807) is 6.07 Å². The first-order chi connectivity index (χ1) is 11.4. The summed E-state index contributed by atoms with van der Waals surface area (Å²) >= 11 is 0. The molecule has 0 N–H and O–H groups in total. The smallest absolute Gasteiger partial charge is 0.299 e. The molecule has 0 saturated heterocycles. The second-order valence-corrected chi connectivity index (χ2v) is 4.86. The van der Waals surface area contributed by atoms with E-state index in [0.717, 1.165) is 0 Å². The molecular weight excluding hydrogens is 317 g/mol. The summed E-state index contributed by atoms with van der Waals surface area (Å²) in [5.41, 5.74) is 1.00. The zero-order chi connectivity index (χ0) is 17.7. The number of hydrogen-bond donors (Lipinski definition) is 0. The summed E-state index contributed by atoms with van der Waals surface area (Å²) in [5.74, 6) is 0.277. The van der Waals surface area contributed by atoms with Crippen molar-refractivity contribution in [3.05, 3.63) is 65.2 Å². The standard InChI is InChI=1S/C18H11F3N2O/c1-2-15-5-3-4-6-16(15)23(17(24)18(19,20)21)12-14-9-7-13(11-22)8-10-14/h1,3-10H,12H2. The van der Waals surface area contributed by atoms with Gasteiger partial charge in [-0.3, -0.25) is 9.69 Å². The average molecular weight is 328 g/mol. The Labute approximate surface area is 136 Å². The normalized spacial score (nSPS) is 10.5. The summed E-state index contributed by atoms with van der Waals surface area (Å²) in [6.07, 6.45) is 0.290. The van der Waals surface area contributed by atoms with Gasteiger partial charge in [-0.1, -0.05) is 30.2 Å². The van der Waals surface area contributed by atoms with Gasteiger partial charge in [-0.25, -0.2) is 0 Å². The molecule has 0 aliphatic rings. The lowest BCUT2D eigenvalue weighted by Gasteiger charge is -2.25. The Bertz CT molecular complexity index is 827. The number of benzene rings is 2. The van der Waals surface area contributed by atoms with Crippen LogP contribution in [0.4, 0.5) is 18.9 Å². The zero-order valence-corrected chi connectivity index (χ0v) is 12.3. The van der Waals surface area contributed by atoms with Crippen LogP contribution in [0.15, 0.2) is 48.5 Å². The van der Waals surface area contributed by atoms with Crippen LogP contribution >= 0.6 is 0 Å². The molecule has 24 heavy (non-hydrogen) atoms. The molecule has 0 fully saturated rings. The molecular formula is C18H11F3N2O. The first kappa shape index (κ1) is 17.1. The van der Waals surface area contributed by atoms with Crippen molar-refractivity contribution in [2.75, 3.05) is 4.90 Å². The van der Waals surface area contributed by atoms with Crippen LogP contribution < -0.4 is 4.90 Å². The van der Waals surface area contributed by atoms with Crippen molar-refractivity contribution >= 4 is 11.6 Å². The molecule has 0 aromatic heterocycles. The summed E-state index contributed by atoms with van der Waals surface area (Å²) in [7, 11) is 0. The number of carbonyl (C=O) groups excluding carboxylic acids is 1. The number of anilines is 1. The molecule has 120 valence electrons. The minimum absolute atomic E-state index is 0.00619. The molecule has 3 nitrogen and oxygen atoms in total. The monoisotopic (exact) mass is 328 g/mol. The lowest BCUT2D eigenvalue weighted by atomic mass is 10.1. The van der Waals surface area contributed by atoms with E-state index in [9.17, 15) is 18.0 Å². The number of nitriles is 1. The Balaban J connectivity index is 2.45. The fourth-order valence-corrected chi connectivity index (χ4v) is 2.12. The Morgan fingerprint density at radius 2 is 1.75 bits per heavy atom. The van der Waals surface area contributed by atoms with E-state index >= 15 is 0 Å². The van der Waals surface area contributed by atoms with Gasteiger partial charge in [0.2, 0.25) is 0 Å². The van der Waals surface area contributed by atoms with Crippen molar-refractivity contribution in [1.29, 1.82) is 5.26 Å². The Morgan fingerprint density at radius 3 is 2.29 bits per heavy atom. The molecule has 2 aromatic carbocycles. The van der Waals surface area contributed by atoms with Crippen molar-refractivity contribution in [2.45, 2.75) is 12.7 Å². The fourth-order valence-electron chi connectivity index (χ4n) is 2.12. The lowest BCUT2D eigenvalue weighted by Crippen LogP contribution is -2.41. The summed E-state index contributed by atoms with van der Waals surface area (Å²) in [5, 5.41) is 8.77. The van der Waals surface area contributed by atoms with E-state index < -0.39 is 12.1 Å². The predicted molar refractivity (Wildman–Crippen MR) is 82.8 cm³/mol. The van der Waals surface area contributed by atoms with Crippen LogP contribution in [0.1, 0.15) is 16.7 Å². The Hall–Kier alpha value is -3.25. The van der Waals surface area contributed by atoms with Crippen molar-refractivity contribution in [1.82, 2.24) is 0 Å². The highest BCUT2D eigenvalue weighted by atomic mass is 19.4. The number of hydrogen-bond acceptors (Lipinski definition) is 2. The van der Waals surface area contributed by atoms with Crippen LogP contribution in [-0.4, -0.2) is 12.1 Å². The lowest BCUT2D eigenvalue weighted by molar-refractivity contribution is -0.170. The molecule has 6 heteroatoms. The third-order valence-corrected chi connectivity index (χ3v) is 3.26. The molecule has 0 saturated carbocycles. The average Bonchev–Trinajstić information content (AvgIpc) is 2.58. The van der Waals surface area contributed by atoms with Gasteiger partial charge in [0.05, 0.1) is 23.9 Å². The number of carbonyl (C=O) groups is 1. The molecule has 0 aliphatic heterocycles. The molecule has 0 atom stereocenters. The van der Waals surface area contributed by atoms with Crippen LogP contribution in [-0.2, 0) is 11.3 Å². The van der Waals surface area contributed by atoms with Gasteiger partial charge >= 0.3 is 12.1 Å². The van der Waals surface area contributed by atoms with Crippen LogP contribution in [0, 0.1) is 23.7 Å². The van der Waals surface area contributed by atoms with Gasteiger partial charge in [-0.2, -0.15) is 18.4 Å². The minimum atomic E-state index is -5.03. The molecule has 0 spiro atoms. The largest absolute Gasteiger partial charge is 0.471 e. The van der Waals surface area contributed by atoms with Crippen molar-refractivity contribution in [3.8, 4) is 18.4 Å². The van der Waals surface area contributed by atoms with Crippen molar-refractivity contribution in [2.24, 2.45) is 0 Å². The molecule has 2 aromatic rings. The van der Waals surface area contributed by atoms with Gasteiger partial charge < -0.3 is 0 Å². The third kappa shape index (κ3) is 3.74. The summed E-state index contributed by atoms with van der Waals surface area (Å²) < 4.78 is 38.9. The van der Waals surface area contributed by atoms with Crippen LogP contribution in [0.25, 0.3) is 0 Å². The first-order valence-corrected chi connectivity index (χ1v) is 6.80. The molecule has 0 radical (unpaired) electrons. The minimum Gasteiger partial charge on any atom is -0.299 e. The SMILES string of the molecule is C#Cc1ccccc1N(Cc1ccc(C#N)cc1)C(=O)C(F)(F)F. The number of nitrogens with zero attached hydrogens (tertiary/aromatic N) is 2. The molecule has 0 bridgehead atoms. The quantitative estimate of drug-likeness (QED) is 0.808. The van der Waals surface area contributed by atoms with E-state index in [1.165, 1.54) is 42.5 Å². The highest BCUT2D eigenvalue weighted by Crippen LogP contribution is 2.28. The number of para-hydroxylation sites is 1. The van der Waals surface area contributed by atoms with Crippen molar-refractivity contribution < 1.29 is 18.0 Å². The summed E-state index contributed by atoms with van der Waals surface area (Å²) in [4.78, 5) is 12.4. The third-order valence-electron chi connectivity index (χ3n) is 3.26. The van der Waals surface area contributed by atoms with Gasteiger partial charge in [0.15, 0.2) is 0 Å². The Morgan fingerprint density at radius 1 is 1.12 bits per heavy atom. The van der Waals surface area contributed by atoms with Gasteiger partial charge in [0.1, 0.15) is 0 Å².